The highest BCUT2D eigenvalue weighted by Crippen LogP contribution is 2.23. The molecule has 1 aliphatic heterocycles. The second-order valence-electron chi connectivity index (χ2n) is 5.65. The predicted molar refractivity (Wildman–Crippen MR) is 93.6 cm³/mol. The lowest BCUT2D eigenvalue weighted by Gasteiger charge is -2.29. The zero-order chi connectivity index (χ0) is 18.2. The number of morpholine rings is 1. The van der Waals surface area contributed by atoms with Crippen LogP contribution < -0.4 is 14.8 Å². The van der Waals surface area contributed by atoms with Crippen LogP contribution in [0.3, 0.4) is 0 Å². The Balaban J connectivity index is 1.94. The second kappa shape index (κ2) is 9.08. The number of benzene rings is 1. The fraction of sp³-hybridized carbons (Fsp3) is 0.444. The van der Waals surface area contributed by atoms with Crippen molar-refractivity contribution in [3.63, 3.8) is 0 Å². The second-order valence-corrected chi connectivity index (χ2v) is 5.65. The standard InChI is InChI=1S/C18H24N2O5/c1-13(18(22)20-6-8-25-9-7-20)19-17(21)5-4-14-10-15(23-2)12-16(11-14)24-3/h4-5,10-13H,6-9H2,1-3H3,(H,19,21)/b5-4-/t13-/m0/s1. The molecule has 0 unspecified atom stereocenters. The lowest BCUT2D eigenvalue weighted by atomic mass is 10.2. The highest BCUT2D eigenvalue weighted by atomic mass is 16.5. The molecule has 1 fully saturated rings. The third-order valence-corrected chi connectivity index (χ3v) is 3.85. The van der Waals surface area contributed by atoms with Crippen molar-refractivity contribution < 1.29 is 23.8 Å². The summed E-state index contributed by atoms with van der Waals surface area (Å²) in [5.41, 5.74) is 0.763. The number of carbonyl (C=O) groups is 2. The maximum absolute atomic E-state index is 12.3. The van der Waals surface area contributed by atoms with Crippen LogP contribution >= 0.6 is 0 Å². The third kappa shape index (κ3) is 5.49. The molecule has 2 rings (SSSR count). The Labute approximate surface area is 147 Å². The van der Waals surface area contributed by atoms with E-state index in [0.717, 1.165) is 5.56 Å². The number of rotatable bonds is 6. The van der Waals surface area contributed by atoms with Crippen LogP contribution in [0.2, 0.25) is 0 Å². The molecular formula is C18H24N2O5. The summed E-state index contributed by atoms with van der Waals surface area (Å²) in [6.45, 7) is 3.85. The number of methoxy groups -OCH3 is 2. The first kappa shape index (κ1) is 18.8. The maximum atomic E-state index is 12.3. The van der Waals surface area contributed by atoms with E-state index in [2.05, 4.69) is 5.32 Å². The van der Waals surface area contributed by atoms with E-state index >= 15 is 0 Å². The summed E-state index contributed by atoms with van der Waals surface area (Å²) in [5.74, 6) is 0.828. The minimum atomic E-state index is -0.588. The molecule has 0 bridgehead atoms. The van der Waals surface area contributed by atoms with Gasteiger partial charge in [-0.05, 0) is 30.7 Å². The van der Waals surface area contributed by atoms with Crippen LogP contribution in [-0.2, 0) is 14.3 Å². The van der Waals surface area contributed by atoms with Gasteiger partial charge in [0.1, 0.15) is 17.5 Å². The average molecular weight is 348 g/mol. The summed E-state index contributed by atoms with van der Waals surface area (Å²) in [5, 5.41) is 2.68. The molecule has 0 radical (unpaired) electrons. The van der Waals surface area contributed by atoms with Crippen molar-refractivity contribution in [2.45, 2.75) is 13.0 Å². The van der Waals surface area contributed by atoms with Crippen LogP contribution in [0.5, 0.6) is 11.5 Å². The zero-order valence-corrected chi connectivity index (χ0v) is 14.8. The zero-order valence-electron chi connectivity index (χ0n) is 14.8. The van der Waals surface area contributed by atoms with Gasteiger partial charge in [0.25, 0.3) is 0 Å². The molecule has 0 saturated carbocycles. The highest BCUT2D eigenvalue weighted by Gasteiger charge is 2.22. The minimum absolute atomic E-state index is 0.104. The number of amides is 2. The summed E-state index contributed by atoms with van der Waals surface area (Å²) < 4.78 is 15.6. The van der Waals surface area contributed by atoms with E-state index in [9.17, 15) is 9.59 Å². The Morgan fingerprint density at radius 2 is 1.76 bits per heavy atom. The fourth-order valence-electron chi connectivity index (χ4n) is 2.48. The smallest absolute Gasteiger partial charge is 0.245 e. The van der Waals surface area contributed by atoms with E-state index in [-0.39, 0.29) is 11.8 Å². The van der Waals surface area contributed by atoms with Gasteiger partial charge in [-0.2, -0.15) is 0 Å². The molecule has 1 aliphatic rings. The SMILES string of the molecule is COc1cc(/C=C\C(=O)N[C@@H](C)C(=O)N2CCOCC2)cc(OC)c1. The lowest BCUT2D eigenvalue weighted by molar-refractivity contribution is -0.138. The van der Waals surface area contributed by atoms with E-state index < -0.39 is 6.04 Å². The highest BCUT2D eigenvalue weighted by molar-refractivity contribution is 5.95. The van der Waals surface area contributed by atoms with Gasteiger partial charge >= 0.3 is 0 Å². The Hall–Kier alpha value is -2.54. The first-order valence-corrected chi connectivity index (χ1v) is 8.11. The summed E-state index contributed by atoms with van der Waals surface area (Å²) in [7, 11) is 3.13. The van der Waals surface area contributed by atoms with E-state index in [4.69, 9.17) is 14.2 Å². The molecule has 0 aromatic heterocycles. The molecule has 2 amide bonds. The van der Waals surface area contributed by atoms with Crippen molar-refractivity contribution in [2.75, 3.05) is 40.5 Å². The maximum Gasteiger partial charge on any atom is 0.245 e. The van der Waals surface area contributed by atoms with Crippen molar-refractivity contribution in [2.24, 2.45) is 0 Å². The quantitative estimate of drug-likeness (QED) is 0.779. The van der Waals surface area contributed by atoms with E-state index in [1.807, 2.05) is 0 Å². The summed E-state index contributed by atoms with van der Waals surface area (Å²) >= 11 is 0. The van der Waals surface area contributed by atoms with Gasteiger partial charge in [-0.1, -0.05) is 0 Å². The van der Waals surface area contributed by atoms with Crippen LogP contribution in [0.25, 0.3) is 6.08 Å². The van der Waals surface area contributed by atoms with E-state index in [1.54, 1.807) is 50.3 Å². The van der Waals surface area contributed by atoms with Crippen LogP contribution in [0, 0.1) is 0 Å². The predicted octanol–water partition coefficient (Wildman–Crippen LogP) is 1.08. The molecule has 136 valence electrons. The van der Waals surface area contributed by atoms with Crippen molar-refractivity contribution in [3.8, 4) is 11.5 Å². The van der Waals surface area contributed by atoms with Crippen LogP contribution in [0.15, 0.2) is 24.3 Å². The molecule has 7 heteroatoms. The number of hydrogen-bond donors (Lipinski definition) is 1. The Morgan fingerprint density at radius 3 is 2.32 bits per heavy atom. The average Bonchev–Trinajstić information content (AvgIpc) is 2.66. The van der Waals surface area contributed by atoms with Gasteiger partial charge in [0.15, 0.2) is 0 Å². The van der Waals surface area contributed by atoms with Crippen LogP contribution in [0.1, 0.15) is 12.5 Å². The van der Waals surface area contributed by atoms with E-state index in [1.165, 1.54) is 6.08 Å². The molecule has 1 saturated heterocycles. The number of carbonyl (C=O) groups excluding carboxylic acids is 2. The third-order valence-electron chi connectivity index (χ3n) is 3.85. The number of nitrogens with one attached hydrogen (secondary N) is 1. The van der Waals surface area contributed by atoms with Gasteiger partial charge < -0.3 is 24.4 Å². The minimum Gasteiger partial charge on any atom is -0.497 e. The Morgan fingerprint density at radius 1 is 1.16 bits per heavy atom. The number of nitrogens with zero attached hydrogens (tertiary/aromatic N) is 1. The molecule has 1 aromatic rings. The van der Waals surface area contributed by atoms with Gasteiger partial charge in [0.05, 0.1) is 27.4 Å². The Bertz CT molecular complexity index is 616. The topological polar surface area (TPSA) is 77.1 Å². The van der Waals surface area contributed by atoms with Gasteiger partial charge in [-0.25, -0.2) is 0 Å². The van der Waals surface area contributed by atoms with Crippen molar-refractivity contribution in [3.05, 3.63) is 29.8 Å². The molecule has 0 spiro atoms. The monoisotopic (exact) mass is 348 g/mol. The van der Waals surface area contributed by atoms with Crippen molar-refractivity contribution in [1.82, 2.24) is 10.2 Å². The van der Waals surface area contributed by atoms with Crippen molar-refractivity contribution >= 4 is 17.9 Å². The fourth-order valence-corrected chi connectivity index (χ4v) is 2.48. The lowest BCUT2D eigenvalue weighted by Crippen LogP contribution is -2.50. The van der Waals surface area contributed by atoms with Gasteiger partial charge in [0.2, 0.25) is 11.8 Å². The molecular weight excluding hydrogens is 324 g/mol. The van der Waals surface area contributed by atoms with E-state index in [0.29, 0.717) is 37.8 Å². The number of hydrogen-bond acceptors (Lipinski definition) is 5. The molecule has 1 atom stereocenters. The Kier molecular flexibility index (Phi) is 6.82. The summed E-state index contributed by atoms with van der Waals surface area (Å²) in [4.78, 5) is 26.0. The van der Waals surface area contributed by atoms with Crippen molar-refractivity contribution in [1.29, 1.82) is 0 Å². The normalized spacial score (nSPS) is 15.7. The summed E-state index contributed by atoms with van der Waals surface area (Å²) in [6.07, 6.45) is 3.03. The largest absolute Gasteiger partial charge is 0.497 e. The molecule has 1 aromatic carbocycles. The molecule has 0 aliphatic carbocycles. The van der Waals surface area contributed by atoms with Gasteiger partial charge in [-0.3, -0.25) is 9.59 Å². The molecule has 7 nitrogen and oxygen atoms in total. The first-order chi connectivity index (χ1) is 12.0. The molecule has 25 heavy (non-hydrogen) atoms. The molecule has 1 N–H and O–H groups in total. The summed E-state index contributed by atoms with van der Waals surface area (Å²) in [6, 6.07) is 4.74. The van der Waals surface area contributed by atoms with Crippen LogP contribution in [0.4, 0.5) is 0 Å². The van der Waals surface area contributed by atoms with Gasteiger partial charge in [-0.15, -0.1) is 0 Å². The van der Waals surface area contributed by atoms with Gasteiger partial charge in [0, 0.05) is 25.2 Å². The number of ether oxygens (including phenoxy) is 3. The molecule has 1 heterocycles. The first-order valence-electron chi connectivity index (χ1n) is 8.11. The van der Waals surface area contributed by atoms with Crippen LogP contribution in [-0.4, -0.2) is 63.3 Å².